The van der Waals surface area contributed by atoms with Crippen molar-refractivity contribution in [1.29, 1.82) is 0 Å². The van der Waals surface area contributed by atoms with Crippen LogP contribution in [0.1, 0.15) is 31.0 Å². The summed E-state index contributed by atoms with van der Waals surface area (Å²) in [6.07, 6.45) is 5.80. The average Bonchev–Trinajstić information content (AvgIpc) is 3.27. The zero-order chi connectivity index (χ0) is 17.7. The highest BCUT2D eigenvalue weighted by Gasteiger charge is 2.45. The van der Waals surface area contributed by atoms with Crippen molar-refractivity contribution < 1.29 is 10.2 Å². The smallest absolute Gasteiger partial charge is 0.145 e. The number of rotatable bonds is 3. The minimum Gasteiger partial charge on any atom is -0.390 e. The largest absolute Gasteiger partial charge is 0.390 e. The topological polar surface area (TPSA) is 115 Å². The molecule has 0 spiro atoms. The van der Waals surface area contributed by atoms with E-state index in [0.717, 1.165) is 11.1 Å². The second-order valence-electron chi connectivity index (χ2n) is 6.89. The van der Waals surface area contributed by atoms with E-state index < -0.39 is 12.2 Å². The zero-order valence-corrected chi connectivity index (χ0v) is 14.2. The van der Waals surface area contributed by atoms with E-state index in [-0.39, 0.29) is 17.9 Å². The number of aliphatic hydroxyl groups is 2. The van der Waals surface area contributed by atoms with Crippen LogP contribution in [0.2, 0.25) is 0 Å². The molecule has 2 unspecified atom stereocenters. The van der Waals surface area contributed by atoms with Crippen LogP contribution in [0.5, 0.6) is 0 Å². The van der Waals surface area contributed by atoms with Gasteiger partial charge in [-0.2, -0.15) is 0 Å². The number of nitrogens with zero attached hydrogens (tertiary/aromatic N) is 5. The summed E-state index contributed by atoms with van der Waals surface area (Å²) in [5.74, 6) is 0.410. The minimum absolute atomic E-state index is 0.0728. The standard InChI is InChI=1S/C17H22N6O2/c1-9(13-6-19-8-22(13)2)11-5-12(15(25)14(11)24)23-4-3-10-16(18)20-7-21-17(10)23/h3-4,6-9,11-12,14-15,24-25H,5H2,1-2H3,(H2,18,20,21)/t9?,11?,12-,14-,15+/m1/s1. The first-order valence-corrected chi connectivity index (χ1v) is 8.38. The Balaban J connectivity index is 1.68. The van der Waals surface area contributed by atoms with Gasteiger partial charge in [0, 0.05) is 31.1 Å². The van der Waals surface area contributed by atoms with Gasteiger partial charge in [0.1, 0.15) is 23.9 Å². The second kappa shape index (κ2) is 5.82. The maximum Gasteiger partial charge on any atom is 0.145 e. The lowest BCUT2D eigenvalue weighted by Crippen LogP contribution is -2.31. The molecule has 3 aromatic heterocycles. The maximum absolute atomic E-state index is 10.7. The van der Waals surface area contributed by atoms with Gasteiger partial charge in [0.15, 0.2) is 0 Å². The van der Waals surface area contributed by atoms with Gasteiger partial charge < -0.3 is 25.1 Å². The van der Waals surface area contributed by atoms with Crippen LogP contribution in [0.25, 0.3) is 11.0 Å². The third-order valence-corrected chi connectivity index (χ3v) is 5.56. The lowest BCUT2D eigenvalue weighted by Gasteiger charge is -2.23. The molecule has 1 saturated carbocycles. The van der Waals surface area contributed by atoms with Crippen molar-refractivity contribution >= 4 is 16.9 Å². The van der Waals surface area contributed by atoms with Crippen molar-refractivity contribution in [3.05, 3.63) is 36.8 Å². The fourth-order valence-corrected chi connectivity index (χ4v) is 4.10. The lowest BCUT2D eigenvalue weighted by molar-refractivity contribution is 0.00256. The molecule has 4 N–H and O–H groups in total. The summed E-state index contributed by atoms with van der Waals surface area (Å²) in [4.78, 5) is 12.5. The van der Waals surface area contributed by atoms with Crippen LogP contribution in [-0.2, 0) is 7.05 Å². The molecule has 1 aliphatic rings. The van der Waals surface area contributed by atoms with Crippen LogP contribution in [0.3, 0.4) is 0 Å². The number of hydrogen-bond acceptors (Lipinski definition) is 6. The number of aromatic nitrogens is 5. The number of nitrogens with two attached hydrogens (primary N) is 1. The molecule has 1 fully saturated rings. The first-order chi connectivity index (χ1) is 12.0. The van der Waals surface area contributed by atoms with Crippen LogP contribution < -0.4 is 5.73 Å². The van der Waals surface area contributed by atoms with E-state index in [1.54, 1.807) is 6.33 Å². The molecule has 8 heteroatoms. The van der Waals surface area contributed by atoms with E-state index in [0.29, 0.717) is 17.9 Å². The fraction of sp³-hybridized carbons (Fsp3) is 0.471. The number of imidazole rings is 1. The Morgan fingerprint density at radius 3 is 2.80 bits per heavy atom. The molecule has 0 bridgehead atoms. The molecule has 0 radical (unpaired) electrons. The number of aliphatic hydroxyl groups excluding tert-OH is 2. The van der Waals surface area contributed by atoms with Crippen LogP contribution in [0.4, 0.5) is 5.82 Å². The van der Waals surface area contributed by atoms with E-state index in [1.807, 2.05) is 34.6 Å². The SMILES string of the molecule is CC(c1cncn1C)C1C[C@@H](n2ccc3c(N)ncnc32)[C@H](O)[C@@H]1O. The van der Waals surface area contributed by atoms with Gasteiger partial charge in [-0.25, -0.2) is 15.0 Å². The summed E-state index contributed by atoms with van der Waals surface area (Å²) in [6.45, 7) is 2.06. The zero-order valence-electron chi connectivity index (χ0n) is 14.2. The van der Waals surface area contributed by atoms with Gasteiger partial charge in [0.25, 0.3) is 0 Å². The summed E-state index contributed by atoms with van der Waals surface area (Å²) < 4.78 is 3.85. The summed E-state index contributed by atoms with van der Waals surface area (Å²) in [5.41, 5.74) is 7.62. The Hall–Kier alpha value is -2.45. The Labute approximate surface area is 145 Å². The molecule has 1 aliphatic carbocycles. The molecule has 0 aromatic carbocycles. The molecular formula is C17H22N6O2. The highest BCUT2D eigenvalue weighted by Crippen LogP contribution is 2.43. The van der Waals surface area contributed by atoms with Gasteiger partial charge in [0.05, 0.1) is 23.9 Å². The average molecular weight is 342 g/mol. The molecule has 0 aliphatic heterocycles. The highest BCUT2D eigenvalue weighted by atomic mass is 16.3. The van der Waals surface area contributed by atoms with Crippen molar-refractivity contribution in [1.82, 2.24) is 24.1 Å². The van der Waals surface area contributed by atoms with Gasteiger partial charge in [0.2, 0.25) is 0 Å². The summed E-state index contributed by atoms with van der Waals surface area (Å²) >= 11 is 0. The molecule has 0 saturated heterocycles. The fourth-order valence-electron chi connectivity index (χ4n) is 4.10. The van der Waals surface area contributed by atoms with E-state index in [1.165, 1.54) is 6.33 Å². The predicted octanol–water partition coefficient (Wildman–Crippen LogP) is 0.833. The number of hydrogen-bond donors (Lipinski definition) is 3. The van der Waals surface area contributed by atoms with Gasteiger partial charge in [-0.05, 0) is 18.4 Å². The summed E-state index contributed by atoms with van der Waals surface area (Å²) in [7, 11) is 1.94. The second-order valence-corrected chi connectivity index (χ2v) is 6.89. The van der Waals surface area contributed by atoms with Crippen molar-refractivity contribution in [3.63, 3.8) is 0 Å². The Bertz CT molecular complexity index is 904. The molecule has 132 valence electrons. The Morgan fingerprint density at radius 1 is 1.28 bits per heavy atom. The van der Waals surface area contributed by atoms with Crippen molar-refractivity contribution in [3.8, 4) is 0 Å². The third-order valence-electron chi connectivity index (χ3n) is 5.56. The molecule has 3 aromatic rings. The molecule has 8 nitrogen and oxygen atoms in total. The lowest BCUT2D eigenvalue weighted by atomic mass is 9.88. The van der Waals surface area contributed by atoms with Gasteiger partial charge in [-0.1, -0.05) is 6.92 Å². The first-order valence-electron chi connectivity index (χ1n) is 8.38. The number of aryl methyl sites for hydroxylation is 1. The molecule has 4 rings (SSSR count). The third kappa shape index (κ3) is 2.40. The molecule has 5 atom stereocenters. The number of nitrogen functional groups attached to an aromatic ring is 1. The van der Waals surface area contributed by atoms with E-state index in [2.05, 4.69) is 21.9 Å². The predicted molar refractivity (Wildman–Crippen MR) is 92.7 cm³/mol. The normalized spacial score (nSPS) is 27.8. The van der Waals surface area contributed by atoms with Crippen LogP contribution in [0, 0.1) is 5.92 Å². The van der Waals surface area contributed by atoms with Crippen LogP contribution >= 0.6 is 0 Å². The van der Waals surface area contributed by atoms with Crippen molar-refractivity contribution in [2.24, 2.45) is 13.0 Å². The van der Waals surface area contributed by atoms with E-state index >= 15 is 0 Å². The van der Waals surface area contributed by atoms with Gasteiger partial charge in [-0.3, -0.25) is 0 Å². The van der Waals surface area contributed by atoms with E-state index in [9.17, 15) is 10.2 Å². The highest BCUT2D eigenvalue weighted by molar-refractivity contribution is 5.86. The minimum atomic E-state index is -0.868. The maximum atomic E-state index is 10.7. The summed E-state index contributed by atoms with van der Waals surface area (Å²) in [5, 5.41) is 22.1. The van der Waals surface area contributed by atoms with E-state index in [4.69, 9.17) is 5.73 Å². The number of anilines is 1. The van der Waals surface area contributed by atoms with Crippen molar-refractivity contribution in [2.75, 3.05) is 5.73 Å². The first kappa shape index (κ1) is 16.0. The Morgan fingerprint density at radius 2 is 2.08 bits per heavy atom. The quantitative estimate of drug-likeness (QED) is 0.649. The molecular weight excluding hydrogens is 320 g/mol. The monoisotopic (exact) mass is 342 g/mol. The van der Waals surface area contributed by atoms with Crippen molar-refractivity contribution in [2.45, 2.75) is 37.5 Å². The molecule has 25 heavy (non-hydrogen) atoms. The molecule has 3 heterocycles. The van der Waals surface area contributed by atoms with Gasteiger partial charge in [-0.15, -0.1) is 0 Å². The Kier molecular flexibility index (Phi) is 3.73. The summed E-state index contributed by atoms with van der Waals surface area (Å²) in [6, 6.07) is 1.59. The van der Waals surface area contributed by atoms with Crippen LogP contribution in [0.15, 0.2) is 31.1 Å². The van der Waals surface area contributed by atoms with Crippen LogP contribution in [-0.4, -0.2) is 46.5 Å². The molecule has 0 amide bonds. The van der Waals surface area contributed by atoms with Gasteiger partial charge >= 0.3 is 0 Å². The number of fused-ring (bicyclic) bond motifs is 1.